The first-order chi connectivity index (χ1) is 27.3. The van der Waals surface area contributed by atoms with E-state index in [4.69, 9.17) is 15.0 Å². The van der Waals surface area contributed by atoms with Gasteiger partial charge in [-0.3, -0.25) is 4.98 Å². The van der Waals surface area contributed by atoms with Crippen molar-refractivity contribution in [2.45, 2.75) is 6.67 Å². The van der Waals surface area contributed by atoms with Crippen LogP contribution in [0.5, 0.6) is 0 Å². The number of hydrogen-bond donors (Lipinski definition) is 0. The predicted octanol–water partition coefficient (Wildman–Crippen LogP) is 12.6. The highest BCUT2D eigenvalue weighted by molar-refractivity contribution is 7.27. The van der Waals surface area contributed by atoms with Crippen molar-refractivity contribution in [3.63, 3.8) is 0 Å². The Morgan fingerprint density at radius 2 is 1.24 bits per heavy atom. The lowest BCUT2D eigenvalue weighted by atomic mass is 9.97. The number of aromatic nitrogens is 2. The topological polar surface area (TPSA) is 54.9 Å². The van der Waals surface area contributed by atoms with E-state index in [0.29, 0.717) is 18.3 Å². The molecule has 55 heavy (non-hydrogen) atoms. The van der Waals surface area contributed by atoms with Crippen molar-refractivity contribution in [3.8, 4) is 22.4 Å². The summed E-state index contributed by atoms with van der Waals surface area (Å²) in [5.41, 5.74) is 8.51. The summed E-state index contributed by atoms with van der Waals surface area (Å²) in [5.74, 6) is 1.12. The van der Waals surface area contributed by atoms with Crippen LogP contribution in [0, 0.1) is 0 Å². The normalized spacial score (nSPS) is 12.4. The zero-order chi connectivity index (χ0) is 36.7. The largest absolute Gasteiger partial charge is 0.319 e. The highest BCUT2D eigenvalue weighted by atomic mass is 32.1. The molecule has 7 aromatic carbocycles. The Kier molecular flexibility index (Phi) is 8.16. The second kappa shape index (κ2) is 13.8. The Labute approximate surface area is 321 Å². The summed E-state index contributed by atoms with van der Waals surface area (Å²) in [6, 6.07) is 59.1. The van der Waals surface area contributed by atoms with E-state index in [1.54, 1.807) is 0 Å². The molecular weight excluding hydrogens is 691 g/mol. The summed E-state index contributed by atoms with van der Waals surface area (Å²) < 4.78 is 4.86. The molecule has 0 N–H and O–H groups in total. The van der Waals surface area contributed by atoms with Gasteiger partial charge in [0.15, 0.2) is 11.7 Å². The molecule has 10 aromatic rings. The molecule has 0 saturated heterocycles. The lowest BCUT2D eigenvalue weighted by Crippen LogP contribution is -2.07. The Morgan fingerprint density at radius 3 is 1.96 bits per heavy atom. The summed E-state index contributed by atoms with van der Waals surface area (Å²) in [4.78, 5) is 19.5. The Bertz CT molecular complexity index is 3110. The van der Waals surface area contributed by atoms with E-state index in [1.807, 2.05) is 84.3 Å². The Balaban J connectivity index is 1.31. The molecule has 260 valence electrons. The van der Waals surface area contributed by atoms with Gasteiger partial charge in [0.1, 0.15) is 6.67 Å². The van der Waals surface area contributed by atoms with E-state index in [0.717, 1.165) is 33.4 Å². The predicted molar refractivity (Wildman–Crippen MR) is 234 cm³/mol. The van der Waals surface area contributed by atoms with Crippen LogP contribution in [-0.2, 0) is 6.67 Å². The maximum Gasteiger partial charge on any atom is 0.161 e. The molecule has 5 nitrogen and oxygen atoms in total. The Hall–Kier alpha value is -7.02. The highest BCUT2D eigenvalue weighted by Gasteiger charge is 2.23. The number of aliphatic imine (C=N–C) groups is 3. The second-order valence-corrected chi connectivity index (χ2v) is 14.5. The van der Waals surface area contributed by atoms with Crippen LogP contribution in [0.2, 0.25) is 0 Å². The highest BCUT2D eigenvalue weighted by Crippen LogP contribution is 2.49. The van der Waals surface area contributed by atoms with Crippen molar-refractivity contribution in [2.75, 3.05) is 0 Å². The first kappa shape index (κ1) is 32.6. The fourth-order valence-electron chi connectivity index (χ4n) is 7.81. The number of nitrogens with zero attached hydrogens (tertiary/aromatic N) is 5. The Morgan fingerprint density at radius 1 is 0.564 bits per heavy atom. The molecule has 0 radical (unpaired) electrons. The van der Waals surface area contributed by atoms with Gasteiger partial charge in [0.2, 0.25) is 0 Å². The van der Waals surface area contributed by atoms with Gasteiger partial charge in [-0.2, -0.15) is 0 Å². The lowest BCUT2D eigenvalue weighted by Gasteiger charge is -2.10. The average Bonchev–Trinajstić information content (AvgIpc) is 3.81. The molecule has 0 aliphatic carbocycles. The molecule has 3 heterocycles. The van der Waals surface area contributed by atoms with Crippen LogP contribution < -0.4 is 0 Å². The minimum absolute atomic E-state index is 0.336. The number of thiophene rings is 1. The SMILES string of the molecule is C=NC(=N/C(=N\Cn1c2ccc(-c3ccccc3)cc2c2c3ccccc3c3sc4c(-c5ccccn5)cccc4c3c21)c1ccccc1)c1ccccc1. The van der Waals surface area contributed by atoms with Gasteiger partial charge in [-0.1, -0.05) is 146 Å². The van der Waals surface area contributed by atoms with Crippen LogP contribution in [0.3, 0.4) is 0 Å². The molecule has 0 amide bonds. The van der Waals surface area contributed by atoms with E-state index >= 15 is 0 Å². The summed E-state index contributed by atoms with van der Waals surface area (Å²) in [6.07, 6.45) is 1.87. The number of amidine groups is 2. The first-order valence-electron chi connectivity index (χ1n) is 18.3. The van der Waals surface area contributed by atoms with Gasteiger partial charge < -0.3 is 4.57 Å². The van der Waals surface area contributed by atoms with Gasteiger partial charge in [0.05, 0.1) is 16.7 Å². The van der Waals surface area contributed by atoms with Crippen molar-refractivity contribution in [1.82, 2.24) is 9.55 Å². The zero-order valence-corrected chi connectivity index (χ0v) is 30.6. The summed E-state index contributed by atoms with van der Waals surface area (Å²) in [7, 11) is 0. The van der Waals surface area contributed by atoms with Crippen LogP contribution in [0.1, 0.15) is 11.1 Å². The molecule has 0 fully saturated rings. The molecule has 0 saturated carbocycles. The number of benzene rings is 7. The summed E-state index contributed by atoms with van der Waals surface area (Å²) in [6.45, 7) is 4.22. The fraction of sp³-hybridized carbons (Fsp3) is 0.0204. The van der Waals surface area contributed by atoms with E-state index in [2.05, 4.69) is 119 Å². The van der Waals surface area contributed by atoms with Crippen LogP contribution in [0.25, 0.3) is 75.1 Å². The van der Waals surface area contributed by atoms with Crippen molar-refractivity contribution in [2.24, 2.45) is 15.0 Å². The number of pyridine rings is 1. The molecule has 0 unspecified atom stereocenters. The minimum Gasteiger partial charge on any atom is -0.319 e. The third-order valence-electron chi connectivity index (χ3n) is 10.3. The monoisotopic (exact) mass is 723 g/mol. The van der Waals surface area contributed by atoms with Crippen molar-refractivity contribution in [1.29, 1.82) is 0 Å². The molecule has 6 heteroatoms. The van der Waals surface area contributed by atoms with Crippen LogP contribution in [0.15, 0.2) is 191 Å². The summed E-state index contributed by atoms with van der Waals surface area (Å²) in [5, 5.41) is 7.30. The standard InChI is InChI=1S/C49H33N5S/c1-50-48(33-18-7-3-8-19-33)53-49(34-20-9-4-10-21-34)52-31-54-42-28-27-35(32-16-5-2-6-17-32)30-40(42)43-36-22-11-12-23-37(36)47-44(45(43)54)39-25-15-24-38(46(39)55-47)41-26-13-14-29-51-41/h2-30H,1,31H2/b52-49-,53-48?. The molecule has 0 aliphatic rings. The van der Waals surface area contributed by atoms with E-state index in [1.165, 1.54) is 52.8 Å². The number of rotatable bonds is 6. The third kappa shape index (κ3) is 5.63. The lowest BCUT2D eigenvalue weighted by molar-refractivity contribution is 0.793. The van der Waals surface area contributed by atoms with E-state index in [-0.39, 0.29) is 0 Å². The quantitative estimate of drug-likeness (QED) is 0.124. The third-order valence-corrected chi connectivity index (χ3v) is 11.6. The number of fused-ring (bicyclic) bond motifs is 10. The fourth-order valence-corrected chi connectivity index (χ4v) is 9.17. The van der Waals surface area contributed by atoms with Gasteiger partial charge in [0.25, 0.3) is 0 Å². The van der Waals surface area contributed by atoms with Crippen molar-refractivity contribution in [3.05, 3.63) is 187 Å². The van der Waals surface area contributed by atoms with Gasteiger partial charge >= 0.3 is 0 Å². The molecule has 3 aromatic heterocycles. The van der Waals surface area contributed by atoms with E-state index in [9.17, 15) is 0 Å². The molecule has 0 atom stereocenters. The minimum atomic E-state index is 0.336. The zero-order valence-electron chi connectivity index (χ0n) is 29.8. The van der Waals surface area contributed by atoms with Crippen LogP contribution >= 0.6 is 11.3 Å². The van der Waals surface area contributed by atoms with Gasteiger partial charge in [-0.05, 0) is 47.5 Å². The molecule has 0 spiro atoms. The van der Waals surface area contributed by atoms with E-state index < -0.39 is 0 Å². The maximum atomic E-state index is 5.34. The smallest absolute Gasteiger partial charge is 0.161 e. The molecular formula is C49H33N5S. The second-order valence-electron chi connectivity index (χ2n) is 13.4. The summed E-state index contributed by atoms with van der Waals surface area (Å²) >= 11 is 1.85. The number of hydrogen-bond acceptors (Lipinski definition) is 3. The molecule has 0 aliphatic heterocycles. The maximum absolute atomic E-state index is 5.34. The van der Waals surface area contributed by atoms with Crippen molar-refractivity contribution < 1.29 is 0 Å². The van der Waals surface area contributed by atoms with Crippen molar-refractivity contribution >= 4 is 82.5 Å². The van der Waals surface area contributed by atoms with Gasteiger partial charge in [-0.25, -0.2) is 15.0 Å². The molecule has 0 bridgehead atoms. The average molecular weight is 724 g/mol. The van der Waals surface area contributed by atoms with Crippen LogP contribution in [-0.4, -0.2) is 27.9 Å². The molecule has 10 rings (SSSR count). The van der Waals surface area contributed by atoms with Crippen LogP contribution in [0.4, 0.5) is 0 Å². The van der Waals surface area contributed by atoms with Gasteiger partial charge in [-0.15, -0.1) is 11.3 Å². The first-order valence-corrected chi connectivity index (χ1v) is 19.1. The van der Waals surface area contributed by atoms with Gasteiger partial charge in [0, 0.05) is 59.2 Å².